The van der Waals surface area contributed by atoms with Gasteiger partial charge in [0.25, 0.3) is 0 Å². The number of benzene rings is 3. The fraction of sp³-hybridized carbons (Fsp3) is 0.355. The number of hydrogen-bond donors (Lipinski definition) is 1. The Balaban J connectivity index is 1.91. The number of hydrogen-bond acceptors (Lipinski definition) is 4. The molecule has 0 unspecified atom stereocenters. The van der Waals surface area contributed by atoms with Crippen molar-refractivity contribution in [3.8, 4) is 0 Å². The molecule has 0 aliphatic carbocycles. The topological polar surface area (TPSA) is 86.8 Å². The Hall–Kier alpha value is -3.36. The minimum atomic E-state index is -3.55. The Morgan fingerprint density at radius 3 is 2.05 bits per heavy atom. The van der Waals surface area contributed by atoms with Gasteiger partial charge in [-0.2, -0.15) is 0 Å². The van der Waals surface area contributed by atoms with E-state index in [1.165, 1.54) is 4.31 Å². The molecule has 1 atom stereocenters. The van der Waals surface area contributed by atoms with Crippen LogP contribution in [0, 0.1) is 0 Å². The summed E-state index contributed by atoms with van der Waals surface area (Å²) < 4.78 is 26.3. The number of anilines is 1. The van der Waals surface area contributed by atoms with Crippen LogP contribution in [-0.2, 0) is 32.6 Å². The number of para-hydroxylation sites is 1. The summed E-state index contributed by atoms with van der Waals surface area (Å²) in [5.74, 6) is -0.523. The number of nitrogens with one attached hydrogen (secondary N) is 1. The zero-order valence-corrected chi connectivity index (χ0v) is 25.1. The first-order chi connectivity index (χ1) is 18.8. The van der Waals surface area contributed by atoms with E-state index in [-0.39, 0.29) is 37.7 Å². The highest BCUT2D eigenvalue weighted by Crippen LogP contribution is 2.23. The van der Waals surface area contributed by atoms with Crippen molar-refractivity contribution in [2.75, 3.05) is 17.1 Å². The summed E-state index contributed by atoms with van der Waals surface area (Å²) in [6, 6.07) is 24.8. The van der Waals surface area contributed by atoms with Gasteiger partial charge in [-0.25, -0.2) is 8.42 Å². The van der Waals surface area contributed by atoms with Gasteiger partial charge in [0, 0.05) is 36.5 Å². The predicted octanol–water partition coefficient (Wildman–Crippen LogP) is 5.44. The highest BCUT2D eigenvalue weighted by atomic mass is 35.5. The first-order valence-corrected chi connectivity index (χ1v) is 15.5. The number of carbonyl (C=O) groups is 2. The summed E-state index contributed by atoms with van der Waals surface area (Å²) in [5, 5.41) is 3.54. The van der Waals surface area contributed by atoms with E-state index in [4.69, 9.17) is 11.6 Å². The summed E-state index contributed by atoms with van der Waals surface area (Å²) in [6.45, 7) is 5.96. The predicted molar refractivity (Wildman–Crippen MR) is 162 cm³/mol. The molecule has 0 fully saturated rings. The first-order valence-electron chi connectivity index (χ1n) is 13.3. The Bertz CT molecular complexity index is 1380. The van der Waals surface area contributed by atoms with Gasteiger partial charge in [0.1, 0.15) is 6.04 Å². The Labute approximate surface area is 243 Å². The number of rotatable bonds is 12. The second-order valence-electron chi connectivity index (χ2n) is 10.8. The molecule has 3 rings (SSSR count). The number of carbonyl (C=O) groups excluding carboxylic acids is 2. The smallest absolute Gasteiger partial charge is 0.243 e. The minimum absolute atomic E-state index is 0.0530. The van der Waals surface area contributed by atoms with Gasteiger partial charge < -0.3 is 10.2 Å². The van der Waals surface area contributed by atoms with E-state index in [9.17, 15) is 18.0 Å². The normalized spacial score (nSPS) is 12.4. The summed E-state index contributed by atoms with van der Waals surface area (Å²) in [6.07, 6.45) is 1.80. The van der Waals surface area contributed by atoms with Crippen molar-refractivity contribution in [1.29, 1.82) is 0 Å². The van der Waals surface area contributed by atoms with Crippen molar-refractivity contribution < 1.29 is 18.0 Å². The Kier molecular flexibility index (Phi) is 10.8. The maximum atomic E-state index is 13.9. The van der Waals surface area contributed by atoms with Gasteiger partial charge in [0.15, 0.2) is 0 Å². The Morgan fingerprint density at radius 1 is 0.900 bits per heavy atom. The van der Waals surface area contributed by atoms with Crippen molar-refractivity contribution in [1.82, 2.24) is 10.2 Å². The van der Waals surface area contributed by atoms with Crippen LogP contribution >= 0.6 is 11.6 Å². The van der Waals surface area contributed by atoms with Crippen LogP contribution in [0.15, 0.2) is 84.9 Å². The molecule has 0 aliphatic rings. The molecule has 9 heteroatoms. The molecule has 0 spiro atoms. The molecule has 0 heterocycles. The van der Waals surface area contributed by atoms with E-state index in [1.807, 2.05) is 75.4 Å². The lowest BCUT2D eigenvalue weighted by Crippen LogP contribution is -2.54. The van der Waals surface area contributed by atoms with Gasteiger partial charge in [0.2, 0.25) is 21.8 Å². The number of nitrogens with zero attached hydrogens (tertiary/aromatic N) is 2. The SMILES string of the molecule is CC(C)(C)NC(=O)[C@H](Cc1ccccc1)N(Cc1ccccc1Cl)C(=O)CCCN(c1ccccc1)S(C)(=O)=O. The third-order valence-electron chi connectivity index (χ3n) is 6.26. The molecule has 7 nitrogen and oxygen atoms in total. The quantitative estimate of drug-likeness (QED) is 0.307. The largest absolute Gasteiger partial charge is 0.350 e. The van der Waals surface area contributed by atoms with Crippen molar-refractivity contribution in [2.45, 2.75) is 58.2 Å². The highest BCUT2D eigenvalue weighted by Gasteiger charge is 2.32. The molecule has 0 saturated carbocycles. The molecule has 0 aromatic heterocycles. The molecule has 1 N–H and O–H groups in total. The molecular formula is C31H38ClN3O4S. The van der Waals surface area contributed by atoms with E-state index in [2.05, 4.69) is 5.32 Å². The standard InChI is InChI=1S/C31H38ClN3O4S/c1-31(2,3)33-30(37)28(22-24-14-7-5-8-15-24)34(23-25-16-11-12-19-27(25)32)29(36)20-13-21-35(40(4,38)39)26-17-9-6-10-18-26/h5-12,14-19,28H,13,20-23H2,1-4H3,(H,33,37)/t28-/m0/s1. The van der Waals surface area contributed by atoms with Gasteiger partial charge in [0.05, 0.1) is 11.9 Å². The van der Waals surface area contributed by atoms with Crippen LogP contribution in [0.25, 0.3) is 0 Å². The second kappa shape index (κ2) is 13.8. The molecule has 0 radical (unpaired) electrons. The molecule has 40 heavy (non-hydrogen) atoms. The third kappa shape index (κ3) is 9.38. The van der Waals surface area contributed by atoms with Crippen LogP contribution in [0.4, 0.5) is 5.69 Å². The summed E-state index contributed by atoms with van der Waals surface area (Å²) in [4.78, 5) is 29.1. The van der Waals surface area contributed by atoms with E-state index < -0.39 is 21.6 Å². The summed E-state index contributed by atoms with van der Waals surface area (Å²) in [5.41, 5.74) is 1.68. The molecular weight excluding hydrogens is 546 g/mol. The lowest BCUT2D eigenvalue weighted by atomic mass is 10.00. The van der Waals surface area contributed by atoms with Crippen LogP contribution in [0.1, 0.15) is 44.7 Å². The maximum Gasteiger partial charge on any atom is 0.243 e. The summed E-state index contributed by atoms with van der Waals surface area (Å²) >= 11 is 6.48. The number of amides is 2. The van der Waals surface area contributed by atoms with Gasteiger partial charge in [-0.1, -0.05) is 78.3 Å². The summed E-state index contributed by atoms with van der Waals surface area (Å²) in [7, 11) is -3.55. The molecule has 0 bridgehead atoms. The first kappa shape index (κ1) is 31.2. The molecule has 2 amide bonds. The number of halogens is 1. The zero-order chi connectivity index (χ0) is 29.3. The monoisotopic (exact) mass is 583 g/mol. The van der Waals surface area contributed by atoms with Crippen LogP contribution in [0.5, 0.6) is 0 Å². The molecule has 0 aliphatic heterocycles. The molecule has 3 aromatic carbocycles. The Morgan fingerprint density at radius 2 is 1.48 bits per heavy atom. The third-order valence-corrected chi connectivity index (χ3v) is 7.83. The number of sulfonamides is 1. The van der Waals surface area contributed by atoms with Crippen molar-refractivity contribution in [3.05, 3.63) is 101 Å². The fourth-order valence-electron chi connectivity index (χ4n) is 4.42. The zero-order valence-electron chi connectivity index (χ0n) is 23.5. The highest BCUT2D eigenvalue weighted by molar-refractivity contribution is 7.92. The maximum absolute atomic E-state index is 13.9. The van der Waals surface area contributed by atoms with Crippen LogP contribution in [0.3, 0.4) is 0 Å². The van der Waals surface area contributed by atoms with E-state index in [1.54, 1.807) is 35.2 Å². The fourth-order valence-corrected chi connectivity index (χ4v) is 5.58. The lowest BCUT2D eigenvalue weighted by Gasteiger charge is -2.34. The van der Waals surface area contributed by atoms with Crippen molar-refractivity contribution in [2.24, 2.45) is 0 Å². The van der Waals surface area contributed by atoms with Crippen molar-refractivity contribution >= 4 is 39.1 Å². The van der Waals surface area contributed by atoms with E-state index in [0.29, 0.717) is 17.1 Å². The average Bonchev–Trinajstić information content (AvgIpc) is 2.89. The average molecular weight is 584 g/mol. The van der Waals surface area contributed by atoms with Crippen LogP contribution in [-0.4, -0.2) is 49.5 Å². The van der Waals surface area contributed by atoms with Gasteiger partial charge >= 0.3 is 0 Å². The minimum Gasteiger partial charge on any atom is -0.350 e. The van der Waals surface area contributed by atoms with Crippen LogP contribution < -0.4 is 9.62 Å². The van der Waals surface area contributed by atoms with Gasteiger partial charge in [-0.15, -0.1) is 0 Å². The van der Waals surface area contributed by atoms with Gasteiger partial charge in [-0.3, -0.25) is 13.9 Å². The lowest BCUT2D eigenvalue weighted by molar-refractivity contribution is -0.142. The molecule has 0 saturated heterocycles. The van der Waals surface area contributed by atoms with Crippen LogP contribution in [0.2, 0.25) is 5.02 Å². The molecule has 214 valence electrons. The second-order valence-corrected chi connectivity index (χ2v) is 13.1. The van der Waals surface area contributed by atoms with Crippen molar-refractivity contribution in [3.63, 3.8) is 0 Å². The van der Waals surface area contributed by atoms with Gasteiger partial charge in [-0.05, 0) is 56.5 Å². The van der Waals surface area contributed by atoms with E-state index >= 15 is 0 Å². The molecule has 3 aromatic rings. The van der Waals surface area contributed by atoms with E-state index in [0.717, 1.165) is 17.4 Å².